The van der Waals surface area contributed by atoms with Gasteiger partial charge in [0.2, 0.25) is 15.9 Å². The first kappa shape index (κ1) is 21.9. The molecule has 2 aromatic rings. The Labute approximate surface area is 176 Å². The number of hydrogen-bond acceptors (Lipinski definition) is 5. The quantitative estimate of drug-likeness (QED) is 0.697. The summed E-state index contributed by atoms with van der Waals surface area (Å²) in [7, 11) is -2.22. The molecule has 0 spiro atoms. The van der Waals surface area contributed by atoms with Gasteiger partial charge in [-0.15, -0.1) is 0 Å². The van der Waals surface area contributed by atoms with Gasteiger partial charge in [0.05, 0.1) is 24.7 Å². The smallest absolute Gasteiger partial charge is 0.246 e. The molecular formula is C21H26FN3O4S. The number of hydrogen-bond donors (Lipinski definition) is 0. The third kappa shape index (κ3) is 4.67. The van der Waals surface area contributed by atoms with Crippen molar-refractivity contribution in [3.05, 3.63) is 54.3 Å². The van der Waals surface area contributed by atoms with Gasteiger partial charge in [0.25, 0.3) is 0 Å². The van der Waals surface area contributed by atoms with Crippen LogP contribution < -0.4 is 13.9 Å². The van der Waals surface area contributed by atoms with Crippen LogP contribution in [0.25, 0.3) is 0 Å². The summed E-state index contributed by atoms with van der Waals surface area (Å²) in [6.07, 6.45) is 1.08. The van der Waals surface area contributed by atoms with Crippen LogP contribution >= 0.6 is 0 Å². The summed E-state index contributed by atoms with van der Waals surface area (Å²) < 4.78 is 45.3. The second kappa shape index (κ2) is 8.91. The van der Waals surface area contributed by atoms with Crippen molar-refractivity contribution < 1.29 is 22.3 Å². The topological polar surface area (TPSA) is 70.2 Å². The number of para-hydroxylation sites is 1. The molecule has 9 heteroatoms. The maximum absolute atomic E-state index is 14.0. The first-order chi connectivity index (χ1) is 14.2. The van der Waals surface area contributed by atoms with E-state index in [0.717, 1.165) is 10.6 Å². The highest BCUT2D eigenvalue weighted by Gasteiger charge is 2.33. The fourth-order valence-corrected chi connectivity index (χ4v) is 4.85. The number of rotatable bonds is 6. The number of ether oxygens (including phenoxy) is 1. The fraction of sp³-hybridized carbons (Fsp3) is 0.381. The molecule has 0 radical (unpaired) electrons. The molecule has 162 valence electrons. The van der Waals surface area contributed by atoms with Gasteiger partial charge in [-0.05, 0) is 31.2 Å². The van der Waals surface area contributed by atoms with E-state index in [1.165, 1.54) is 13.2 Å². The molecule has 7 nitrogen and oxygen atoms in total. The zero-order chi connectivity index (χ0) is 21.9. The number of halogens is 1. The van der Waals surface area contributed by atoms with Crippen molar-refractivity contribution in [2.45, 2.75) is 13.0 Å². The lowest BCUT2D eigenvalue weighted by molar-refractivity contribution is -0.132. The van der Waals surface area contributed by atoms with Gasteiger partial charge in [-0.25, -0.2) is 12.8 Å². The third-order valence-electron chi connectivity index (χ3n) is 5.16. The SMILES string of the molecule is COc1cccc(N(C(C)C(=O)N2CCN(c3ccccc3F)CC2)S(C)(=O)=O)c1. The lowest BCUT2D eigenvalue weighted by atomic mass is 10.2. The summed E-state index contributed by atoms with van der Waals surface area (Å²) in [5, 5.41) is 0. The van der Waals surface area contributed by atoms with Crippen LogP contribution in [0.15, 0.2) is 48.5 Å². The summed E-state index contributed by atoms with van der Waals surface area (Å²) in [6.45, 7) is 3.28. The molecule has 0 aromatic heterocycles. The maximum atomic E-state index is 14.0. The van der Waals surface area contributed by atoms with E-state index in [1.54, 1.807) is 54.3 Å². The molecule has 1 amide bonds. The van der Waals surface area contributed by atoms with Crippen molar-refractivity contribution in [3.63, 3.8) is 0 Å². The lowest BCUT2D eigenvalue weighted by Gasteiger charge is -2.39. The molecule has 0 aliphatic carbocycles. The molecule has 1 fully saturated rings. The molecule has 1 saturated heterocycles. The molecule has 1 heterocycles. The predicted octanol–water partition coefficient (Wildman–Crippen LogP) is 2.34. The maximum Gasteiger partial charge on any atom is 0.246 e. The van der Waals surface area contributed by atoms with E-state index in [1.807, 2.05) is 4.90 Å². The molecule has 30 heavy (non-hydrogen) atoms. The molecule has 2 aromatic carbocycles. The highest BCUT2D eigenvalue weighted by molar-refractivity contribution is 7.92. The van der Waals surface area contributed by atoms with Crippen molar-refractivity contribution >= 4 is 27.3 Å². The summed E-state index contributed by atoms with van der Waals surface area (Å²) in [5.41, 5.74) is 0.870. The Morgan fingerprint density at radius 3 is 2.37 bits per heavy atom. The molecule has 1 aliphatic heterocycles. The minimum absolute atomic E-state index is 0.295. The van der Waals surface area contributed by atoms with E-state index in [9.17, 15) is 17.6 Å². The molecule has 1 atom stereocenters. The Balaban J connectivity index is 1.75. The van der Waals surface area contributed by atoms with E-state index in [2.05, 4.69) is 0 Å². The van der Waals surface area contributed by atoms with Crippen LogP contribution in [0.2, 0.25) is 0 Å². The predicted molar refractivity (Wildman–Crippen MR) is 115 cm³/mol. The van der Waals surface area contributed by atoms with Crippen molar-refractivity contribution in [2.24, 2.45) is 0 Å². The first-order valence-electron chi connectivity index (χ1n) is 9.64. The minimum atomic E-state index is -3.71. The van der Waals surface area contributed by atoms with Crippen LogP contribution in [0.4, 0.5) is 15.8 Å². The molecular weight excluding hydrogens is 409 g/mol. The van der Waals surface area contributed by atoms with Gasteiger partial charge in [-0.3, -0.25) is 9.10 Å². The molecule has 0 bridgehead atoms. The van der Waals surface area contributed by atoms with Gasteiger partial charge in [0.15, 0.2) is 0 Å². The van der Waals surface area contributed by atoms with Crippen LogP contribution in [0.1, 0.15) is 6.92 Å². The van der Waals surface area contributed by atoms with Gasteiger partial charge < -0.3 is 14.5 Å². The minimum Gasteiger partial charge on any atom is -0.497 e. The van der Waals surface area contributed by atoms with Gasteiger partial charge in [0.1, 0.15) is 17.6 Å². The van der Waals surface area contributed by atoms with Crippen molar-refractivity contribution in [3.8, 4) is 5.75 Å². The lowest BCUT2D eigenvalue weighted by Crippen LogP contribution is -2.55. The molecule has 0 saturated carbocycles. The molecule has 3 rings (SSSR count). The highest BCUT2D eigenvalue weighted by Crippen LogP contribution is 2.26. The number of sulfonamides is 1. The largest absolute Gasteiger partial charge is 0.497 e. The van der Waals surface area contributed by atoms with E-state index >= 15 is 0 Å². The second-order valence-corrected chi connectivity index (χ2v) is 9.06. The Bertz CT molecular complexity index is 1010. The monoisotopic (exact) mass is 435 g/mol. The zero-order valence-electron chi connectivity index (χ0n) is 17.3. The molecule has 0 N–H and O–H groups in total. The van der Waals surface area contributed by atoms with Crippen molar-refractivity contribution in [1.82, 2.24) is 4.90 Å². The Kier molecular flexibility index (Phi) is 6.50. The van der Waals surface area contributed by atoms with Crippen molar-refractivity contribution in [2.75, 3.05) is 48.7 Å². The van der Waals surface area contributed by atoms with Crippen LogP contribution in [0.3, 0.4) is 0 Å². The van der Waals surface area contributed by atoms with E-state index < -0.39 is 16.1 Å². The Morgan fingerprint density at radius 1 is 1.10 bits per heavy atom. The van der Waals surface area contributed by atoms with E-state index in [-0.39, 0.29) is 11.7 Å². The molecule has 1 aliphatic rings. The van der Waals surface area contributed by atoms with Crippen LogP contribution in [0, 0.1) is 5.82 Å². The number of amides is 1. The van der Waals surface area contributed by atoms with Gasteiger partial charge >= 0.3 is 0 Å². The average Bonchev–Trinajstić information content (AvgIpc) is 2.73. The number of carbonyl (C=O) groups excluding carboxylic acids is 1. The fourth-order valence-electron chi connectivity index (χ4n) is 3.69. The molecule has 1 unspecified atom stereocenters. The number of anilines is 2. The summed E-state index contributed by atoms with van der Waals surface area (Å²) in [5.74, 6) is -0.0948. The Morgan fingerprint density at radius 2 is 1.77 bits per heavy atom. The zero-order valence-corrected chi connectivity index (χ0v) is 18.1. The summed E-state index contributed by atoms with van der Waals surface area (Å²) in [6, 6.07) is 12.2. The van der Waals surface area contributed by atoms with Crippen LogP contribution in [-0.4, -0.2) is 64.8 Å². The standard InChI is InChI=1S/C21H26FN3O4S/c1-16(25(30(3,27)28)17-7-6-8-18(15-17)29-2)21(26)24-13-11-23(12-14-24)20-10-5-4-9-19(20)22/h4-10,15-16H,11-14H2,1-3H3. The van der Waals surface area contributed by atoms with Gasteiger partial charge in [-0.2, -0.15) is 0 Å². The van der Waals surface area contributed by atoms with Crippen LogP contribution in [-0.2, 0) is 14.8 Å². The summed E-state index contributed by atoms with van der Waals surface area (Å²) >= 11 is 0. The third-order valence-corrected chi connectivity index (χ3v) is 6.40. The number of benzene rings is 2. The van der Waals surface area contributed by atoms with Crippen molar-refractivity contribution in [1.29, 1.82) is 0 Å². The van der Waals surface area contributed by atoms with Gasteiger partial charge in [0, 0.05) is 32.2 Å². The number of methoxy groups -OCH3 is 1. The highest BCUT2D eigenvalue weighted by atomic mass is 32.2. The summed E-state index contributed by atoms with van der Waals surface area (Å²) in [4.78, 5) is 16.6. The number of carbonyl (C=O) groups is 1. The average molecular weight is 436 g/mol. The van der Waals surface area contributed by atoms with E-state index in [0.29, 0.717) is 43.3 Å². The Hall–Kier alpha value is -2.81. The normalized spacial score (nSPS) is 15.6. The first-order valence-corrected chi connectivity index (χ1v) is 11.5. The van der Waals surface area contributed by atoms with Gasteiger partial charge in [-0.1, -0.05) is 18.2 Å². The number of nitrogens with zero attached hydrogens (tertiary/aromatic N) is 3. The number of piperazine rings is 1. The van der Waals surface area contributed by atoms with E-state index in [4.69, 9.17) is 4.74 Å². The second-order valence-electron chi connectivity index (χ2n) is 7.20. The van der Waals surface area contributed by atoms with Crippen LogP contribution in [0.5, 0.6) is 5.75 Å².